The van der Waals surface area contributed by atoms with E-state index in [0.717, 1.165) is 0 Å². The molecule has 0 radical (unpaired) electrons. The maximum absolute atomic E-state index is 7.23. The van der Waals surface area contributed by atoms with Crippen molar-refractivity contribution >= 4 is 17.2 Å². The van der Waals surface area contributed by atoms with Crippen LogP contribution in [0.4, 0.5) is 0 Å². The van der Waals surface area contributed by atoms with Crippen molar-refractivity contribution in [2.75, 3.05) is 0 Å². The highest BCUT2D eigenvalue weighted by atomic mass is 31.2. The number of hydrogen-bond acceptors (Lipinski definition) is 6. The molecule has 0 spiro atoms. The first-order valence-corrected chi connectivity index (χ1v) is 30.7. The van der Waals surface area contributed by atoms with Gasteiger partial charge in [0.05, 0.1) is 0 Å². The highest BCUT2D eigenvalue weighted by Gasteiger charge is 1.94. The summed E-state index contributed by atoms with van der Waals surface area (Å²) in [6.45, 7) is 22.5. The quantitative estimate of drug-likeness (QED) is 0.0269. The van der Waals surface area contributed by atoms with Crippen LogP contribution in [0.1, 0.15) is 358 Å². The van der Waals surface area contributed by atoms with Gasteiger partial charge in [-0.15, -0.1) is 0 Å². The average molecular weight is 946 g/mol. The third-order valence-electron chi connectivity index (χ3n) is 10.8. The van der Waals surface area contributed by atoms with Crippen molar-refractivity contribution in [1.82, 2.24) is 0 Å². The summed E-state index contributed by atoms with van der Waals surface area (Å²) >= 11 is 0. The summed E-state index contributed by atoms with van der Waals surface area (Å²) in [5.74, 6) is 0. The summed E-state index contributed by atoms with van der Waals surface area (Å²) in [4.78, 5) is 43.4. The van der Waals surface area contributed by atoms with E-state index in [1.165, 1.54) is 289 Å². The average Bonchev–Trinajstić information content (AvgIpc) is 3.25. The van der Waals surface area contributed by atoms with E-state index >= 15 is 0 Å². The molecule has 0 aromatic heterocycles. The third-order valence-corrected chi connectivity index (χ3v) is 10.8. The van der Waals surface area contributed by atoms with Crippen LogP contribution in [-0.4, -0.2) is 29.4 Å². The van der Waals surface area contributed by atoms with E-state index in [1.807, 2.05) is 0 Å². The van der Waals surface area contributed by atoms with Crippen LogP contribution >= 0.6 is 17.2 Å². The fourth-order valence-corrected chi connectivity index (χ4v) is 6.95. The summed E-state index contributed by atoms with van der Waals surface area (Å²) in [7, 11) is -5.24. The zero-order valence-corrected chi connectivity index (χ0v) is 47.2. The molecular weight excluding hydrogens is 819 g/mol. The molecular formula is C55H126O6P2. The summed E-state index contributed by atoms with van der Waals surface area (Å²) in [6.07, 6.45) is 65.0. The van der Waals surface area contributed by atoms with Gasteiger partial charge in [-0.3, -0.25) is 0 Å². The lowest BCUT2D eigenvalue weighted by atomic mass is 10.1. The van der Waals surface area contributed by atoms with Gasteiger partial charge in [0.25, 0.3) is 0 Å². The van der Waals surface area contributed by atoms with Gasteiger partial charge < -0.3 is 29.4 Å². The molecule has 0 rings (SSSR count). The summed E-state index contributed by atoms with van der Waals surface area (Å²) in [6, 6.07) is 0. The van der Waals surface area contributed by atoms with Gasteiger partial charge >= 0.3 is 17.2 Å². The largest absolute Gasteiger partial charge is 0.328 e. The van der Waals surface area contributed by atoms with Gasteiger partial charge in [0, 0.05) is 0 Å². The van der Waals surface area contributed by atoms with Crippen molar-refractivity contribution in [3.8, 4) is 0 Å². The Morgan fingerprint density at radius 3 is 0.254 bits per heavy atom. The predicted molar refractivity (Wildman–Crippen MR) is 292 cm³/mol. The Morgan fingerprint density at radius 1 is 0.159 bits per heavy atom. The van der Waals surface area contributed by atoms with Gasteiger partial charge in [-0.1, -0.05) is 358 Å². The molecule has 0 unspecified atom stereocenters. The molecule has 0 aliphatic heterocycles. The van der Waals surface area contributed by atoms with Crippen LogP contribution in [-0.2, 0) is 0 Å². The monoisotopic (exact) mass is 945 g/mol. The highest BCUT2D eigenvalue weighted by Crippen LogP contribution is 2.15. The standard InChI is InChI=1S/4C13H28.C3H8.2H3O3P/c4*1-3-5-7-9-11-13-12-10-8-6-4-2;1-3-2;2*1-4(2)3/h4*3-13H2,1-2H3;3H2,1-2H3;2*1-3H. The first kappa shape index (κ1) is 77.8. The summed E-state index contributed by atoms with van der Waals surface area (Å²) in [5.41, 5.74) is 0. The zero-order chi connectivity index (χ0) is 49.0. The fourth-order valence-electron chi connectivity index (χ4n) is 6.95. The Hall–Kier alpha value is 0.620. The molecule has 63 heavy (non-hydrogen) atoms. The third kappa shape index (κ3) is 139. The molecule has 0 heterocycles. The second-order valence-corrected chi connectivity index (χ2v) is 19.0. The lowest BCUT2D eigenvalue weighted by molar-refractivity contribution is 0.366. The highest BCUT2D eigenvalue weighted by molar-refractivity contribution is 7.38. The van der Waals surface area contributed by atoms with Crippen LogP contribution < -0.4 is 0 Å². The van der Waals surface area contributed by atoms with Crippen LogP contribution in [0.25, 0.3) is 0 Å². The van der Waals surface area contributed by atoms with Gasteiger partial charge in [-0.05, 0) is 0 Å². The Balaban J connectivity index is -0.000000123. The van der Waals surface area contributed by atoms with Gasteiger partial charge in [-0.2, -0.15) is 0 Å². The lowest BCUT2D eigenvalue weighted by Crippen LogP contribution is -1.80. The molecule has 392 valence electrons. The zero-order valence-electron chi connectivity index (χ0n) is 45.4. The van der Waals surface area contributed by atoms with Gasteiger partial charge in [-0.25, -0.2) is 0 Å². The number of hydrogen-bond donors (Lipinski definition) is 6. The first-order valence-electron chi connectivity index (χ1n) is 28.3. The van der Waals surface area contributed by atoms with E-state index < -0.39 is 17.2 Å². The van der Waals surface area contributed by atoms with Crippen LogP contribution in [0.3, 0.4) is 0 Å². The molecule has 0 saturated carbocycles. The van der Waals surface area contributed by atoms with Crippen molar-refractivity contribution in [1.29, 1.82) is 0 Å². The maximum atomic E-state index is 7.23. The van der Waals surface area contributed by atoms with Crippen LogP contribution in [0, 0.1) is 0 Å². The molecule has 8 heteroatoms. The molecule has 0 saturated heterocycles. The van der Waals surface area contributed by atoms with Crippen molar-refractivity contribution in [2.24, 2.45) is 0 Å². The van der Waals surface area contributed by atoms with Gasteiger partial charge in [0.2, 0.25) is 0 Å². The lowest BCUT2D eigenvalue weighted by Gasteiger charge is -2.00. The van der Waals surface area contributed by atoms with Crippen LogP contribution in [0.2, 0.25) is 0 Å². The SMILES string of the molecule is CCC.CCCCCCCCCCCCC.CCCCCCCCCCCCC.CCCCCCCCCCCCC.CCCCCCCCCCCCC.OP(O)O.OP(O)O. The Kier molecular flexibility index (Phi) is 110. The molecule has 0 aliphatic carbocycles. The molecule has 6 N–H and O–H groups in total. The summed E-state index contributed by atoms with van der Waals surface area (Å²) < 4.78 is 0. The molecule has 0 aromatic rings. The molecule has 6 nitrogen and oxygen atoms in total. The van der Waals surface area contributed by atoms with Crippen molar-refractivity contribution in [3.63, 3.8) is 0 Å². The smallest absolute Gasteiger partial charge is 0.324 e. The second-order valence-electron chi connectivity index (χ2n) is 18.0. The normalized spacial score (nSPS) is 10.2. The minimum atomic E-state index is -2.62. The van der Waals surface area contributed by atoms with E-state index in [2.05, 4.69) is 69.2 Å². The number of rotatable bonds is 40. The Bertz CT molecular complexity index is 476. The molecule has 0 aliphatic rings. The van der Waals surface area contributed by atoms with Crippen molar-refractivity contribution in [3.05, 3.63) is 0 Å². The van der Waals surface area contributed by atoms with Crippen molar-refractivity contribution in [2.45, 2.75) is 358 Å². The predicted octanol–water partition coefficient (Wildman–Crippen LogP) is 21.1. The van der Waals surface area contributed by atoms with E-state index in [1.54, 1.807) is 0 Å². The number of unbranched alkanes of at least 4 members (excludes halogenated alkanes) is 40. The second kappa shape index (κ2) is 89.2. The molecule has 0 bridgehead atoms. The van der Waals surface area contributed by atoms with Gasteiger partial charge in [0.1, 0.15) is 0 Å². The van der Waals surface area contributed by atoms with Crippen molar-refractivity contribution < 1.29 is 29.4 Å². The van der Waals surface area contributed by atoms with E-state index in [4.69, 9.17) is 29.4 Å². The molecule has 0 amide bonds. The fraction of sp³-hybridized carbons (Fsp3) is 1.00. The topological polar surface area (TPSA) is 121 Å². The molecule has 0 fully saturated rings. The maximum Gasteiger partial charge on any atom is 0.324 e. The molecule has 0 aromatic carbocycles. The van der Waals surface area contributed by atoms with Gasteiger partial charge in [0.15, 0.2) is 0 Å². The minimum Gasteiger partial charge on any atom is -0.328 e. The summed E-state index contributed by atoms with van der Waals surface area (Å²) in [5, 5.41) is 0. The van der Waals surface area contributed by atoms with E-state index in [-0.39, 0.29) is 0 Å². The van der Waals surface area contributed by atoms with E-state index in [0.29, 0.717) is 0 Å². The van der Waals surface area contributed by atoms with Crippen LogP contribution in [0.5, 0.6) is 0 Å². The Morgan fingerprint density at radius 2 is 0.206 bits per heavy atom. The first-order chi connectivity index (χ1) is 30.5. The van der Waals surface area contributed by atoms with Crippen LogP contribution in [0.15, 0.2) is 0 Å². The molecule has 0 atom stereocenters. The minimum absolute atomic E-state index is 1.25. The van der Waals surface area contributed by atoms with E-state index in [9.17, 15) is 0 Å². The Labute approximate surface area is 403 Å².